The number of hydrogen-bond donors (Lipinski definition) is 0. The molecule has 0 spiro atoms. The normalized spacial score (nSPS) is 10.6. The fourth-order valence-electron chi connectivity index (χ4n) is 2.09. The number of thioether (sulfide) groups is 1. The molecule has 0 saturated carbocycles. The first kappa shape index (κ1) is 16.2. The van der Waals surface area contributed by atoms with Crippen molar-refractivity contribution in [3.63, 3.8) is 0 Å². The molecule has 0 fully saturated rings. The van der Waals surface area contributed by atoms with E-state index in [1.54, 1.807) is 41.5 Å². The van der Waals surface area contributed by atoms with Crippen LogP contribution in [0.15, 0.2) is 46.8 Å². The van der Waals surface area contributed by atoms with Gasteiger partial charge in [-0.25, -0.2) is 9.97 Å². The van der Waals surface area contributed by atoms with Gasteiger partial charge in [0.15, 0.2) is 4.34 Å². The summed E-state index contributed by atoms with van der Waals surface area (Å²) in [6, 6.07) is 14.2. The fraction of sp³-hybridized carbons (Fsp3) is 0.176. The molecule has 23 heavy (non-hydrogen) atoms. The van der Waals surface area contributed by atoms with Gasteiger partial charge >= 0.3 is 0 Å². The highest BCUT2D eigenvalue weighted by molar-refractivity contribution is 8.00. The van der Waals surface area contributed by atoms with Crippen LogP contribution in [0.4, 0.5) is 0 Å². The van der Waals surface area contributed by atoms with E-state index in [0.29, 0.717) is 0 Å². The summed E-state index contributed by atoms with van der Waals surface area (Å²) in [4.78, 5) is 8.77. The van der Waals surface area contributed by atoms with Crippen LogP contribution in [0.1, 0.15) is 5.01 Å². The number of methoxy groups -OCH3 is 1. The molecule has 0 bridgehead atoms. The summed E-state index contributed by atoms with van der Waals surface area (Å²) in [7, 11) is 1.67. The molecule has 0 aliphatic carbocycles. The molecular formula is C17H16N2OS3. The number of thiazole rings is 2. The van der Waals surface area contributed by atoms with Gasteiger partial charge in [0.05, 0.1) is 32.6 Å². The van der Waals surface area contributed by atoms with Crippen LogP contribution >= 0.6 is 34.4 Å². The molecule has 0 atom stereocenters. The minimum atomic E-state index is 0.868. The average molecular weight is 361 g/mol. The van der Waals surface area contributed by atoms with Crippen LogP contribution in [0.25, 0.3) is 20.4 Å². The Hall–Kier alpha value is -1.63. The highest BCUT2D eigenvalue weighted by atomic mass is 32.2. The van der Waals surface area contributed by atoms with Gasteiger partial charge in [-0.1, -0.05) is 23.9 Å². The van der Waals surface area contributed by atoms with Gasteiger partial charge in [-0.05, 0) is 37.4 Å². The first-order chi connectivity index (χ1) is 11.2. The van der Waals surface area contributed by atoms with Crippen LogP contribution < -0.4 is 4.74 Å². The number of ether oxygens (including phenoxy) is 1. The van der Waals surface area contributed by atoms with Crippen LogP contribution in [-0.2, 0) is 0 Å². The monoisotopic (exact) mass is 360 g/mol. The van der Waals surface area contributed by atoms with Gasteiger partial charge in [0, 0.05) is 6.07 Å². The number of aryl methyl sites for hydroxylation is 1. The van der Waals surface area contributed by atoms with E-state index in [2.05, 4.69) is 22.3 Å². The standard InChI is InChI=1S/C9H9NOS.C8H7NS2/c1-6-10-8-5-7(11-2)3-4-9(8)12-6;1-10-8-9-6-4-2-3-5-7(6)11-8/h3-5H,1-2H3;2-5H,1H3. The van der Waals surface area contributed by atoms with Gasteiger partial charge in [-0.3, -0.25) is 0 Å². The third kappa shape index (κ3) is 3.83. The average Bonchev–Trinajstić information content (AvgIpc) is 3.16. The van der Waals surface area contributed by atoms with Crippen molar-refractivity contribution in [2.75, 3.05) is 13.4 Å². The maximum absolute atomic E-state index is 5.10. The lowest BCUT2D eigenvalue weighted by molar-refractivity contribution is 0.415. The summed E-state index contributed by atoms with van der Waals surface area (Å²) >= 11 is 5.16. The molecular weight excluding hydrogens is 344 g/mol. The summed E-state index contributed by atoms with van der Waals surface area (Å²) in [5.41, 5.74) is 2.14. The number of para-hydroxylation sites is 1. The molecule has 2 aromatic heterocycles. The third-order valence-electron chi connectivity index (χ3n) is 3.15. The highest BCUT2D eigenvalue weighted by Gasteiger charge is 2.01. The second kappa shape index (κ2) is 7.29. The molecule has 0 radical (unpaired) electrons. The zero-order chi connectivity index (χ0) is 16.2. The predicted octanol–water partition coefficient (Wildman–Crippen LogP) is 5.63. The number of nitrogens with zero attached hydrogens (tertiary/aromatic N) is 2. The summed E-state index contributed by atoms with van der Waals surface area (Å²) in [5.74, 6) is 0.868. The van der Waals surface area contributed by atoms with E-state index in [0.717, 1.165) is 26.1 Å². The van der Waals surface area contributed by atoms with Gasteiger partial charge in [0.2, 0.25) is 0 Å². The van der Waals surface area contributed by atoms with E-state index in [1.165, 1.54) is 9.40 Å². The lowest BCUT2D eigenvalue weighted by atomic mass is 10.3. The van der Waals surface area contributed by atoms with Gasteiger partial charge in [-0.15, -0.1) is 22.7 Å². The Morgan fingerprint density at radius 1 is 0.957 bits per heavy atom. The van der Waals surface area contributed by atoms with Crippen molar-refractivity contribution < 1.29 is 4.74 Å². The minimum Gasteiger partial charge on any atom is -0.497 e. The van der Waals surface area contributed by atoms with Crippen LogP contribution in [0, 0.1) is 6.92 Å². The number of aromatic nitrogens is 2. The number of benzene rings is 2. The Kier molecular flexibility index (Phi) is 5.15. The fourth-order valence-corrected chi connectivity index (χ4v) is 4.38. The quantitative estimate of drug-likeness (QED) is 0.434. The van der Waals surface area contributed by atoms with Crippen LogP contribution in [0.5, 0.6) is 5.75 Å². The molecule has 118 valence electrons. The van der Waals surface area contributed by atoms with Crippen molar-refractivity contribution in [1.82, 2.24) is 9.97 Å². The smallest absolute Gasteiger partial charge is 0.150 e. The Morgan fingerprint density at radius 2 is 1.74 bits per heavy atom. The molecule has 0 unspecified atom stereocenters. The molecule has 3 nitrogen and oxygen atoms in total. The van der Waals surface area contributed by atoms with Gasteiger partial charge in [0.1, 0.15) is 5.75 Å². The maximum atomic E-state index is 5.10. The molecule has 2 heterocycles. The Morgan fingerprint density at radius 3 is 2.48 bits per heavy atom. The first-order valence-corrected chi connectivity index (χ1v) is 9.86. The molecule has 0 N–H and O–H groups in total. The zero-order valence-corrected chi connectivity index (χ0v) is 15.5. The van der Waals surface area contributed by atoms with Crippen molar-refractivity contribution >= 4 is 54.9 Å². The Balaban J connectivity index is 0.000000136. The van der Waals surface area contributed by atoms with E-state index in [-0.39, 0.29) is 0 Å². The topological polar surface area (TPSA) is 35.0 Å². The van der Waals surface area contributed by atoms with Crippen molar-refractivity contribution in [3.05, 3.63) is 47.5 Å². The lowest BCUT2D eigenvalue weighted by Gasteiger charge is -1.96. The van der Waals surface area contributed by atoms with Gasteiger partial charge in [0.25, 0.3) is 0 Å². The summed E-state index contributed by atoms with van der Waals surface area (Å²) in [5, 5.41) is 1.10. The molecule has 6 heteroatoms. The van der Waals surface area contributed by atoms with Crippen molar-refractivity contribution in [2.24, 2.45) is 0 Å². The Labute approximate surface area is 147 Å². The van der Waals surface area contributed by atoms with E-state index >= 15 is 0 Å². The molecule has 4 aromatic rings. The van der Waals surface area contributed by atoms with Crippen molar-refractivity contribution in [1.29, 1.82) is 0 Å². The molecule has 2 aromatic carbocycles. The second-order valence-corrected chi connectivity index (χ2v) is 8.04. The van der Waals surface area contributed by atoms with Crippen LogP contribution in [0.3, 0.4) is 0 Å². The predicted molar refractivity (Wildman–Crippen MR) is 102 cm³/mol. The van der Waals surface area contributed by atoms with Gasteiger partial charge in [-0.2, -0.15) is 0 Å². The first-order valence-electron chi connectivity index (χ1n) is 7.00. The van der Waals surface area contributed by atoms with Gasteiger partial charge < -0.3 is 4.74 Å². The summed E-state index contributed by atoms with van der Waals surface area (Å²) < 4.78 is 8.73. The highest BCUT2D eigenvalue weighted by Crippen LogP contribution is 2.27. The largest absolute Gasteiger partial charge is 0.497 e. The van der Waals surface area contributed by atoms with Crippen LogP contribution in [-0.4, -0.2) is 23.3 Å². The molecule has 0 saturated heterocycles. The molecule has 0 amide bonds. The Bertz CT molecular complexity index is 897. The maximum Gasteiger partial charge on any atom is 0.150 e. The van der Waals surface area contributed by atoms with Crippen molar-refractivity contribution in [2.45, 2.75) is 11.3 Å². The number of hydrogen-bond acceptors (Lipinski definition) is 6. The summed E-state index contributed by atoms with van der Waals surface area (Å²) in [6.07, 6.45) is 2.05. The summed E-state index contributed by atoms with van der Waals surface area (Å²) in [6.45, 7) is 2.01. The number of fused-ring (bicyclic) bond motifs is 2. The van der Waals surface area contributed by atoms with E-state index in [9.17, 15) is 0 Å². The van der Waals surface area contributed by atoms with Crippen LogP contribution in [0.2, 0.25) is 0 Å². The SMILES string of the molecule is COc1ccc2sc(C)nc2c1.CSc1nc2ccccc2s1. The molecule has 0 aliphatic rings. The number of rotatable bonds is 2. The van der Waals surface area contributed by atoms with E-state index < -0.39 is 0 Å². The third-order valence-corrected chi connectivity index (χ3v) is 6.12. The lowest BCUT2D eigenvalue weighted by Crippen LogP contribution is -1.80. The zero-order valence-electron chi connectivity index (χ0n) is 13.1. The molecule has 4 rings (SSSR count). The molecule has 0 aliphatic heterocycles. The minimum absolute atomic E-state index is 0.868. The second-order valence-electron chi connectivity index (χ2n) is 4.72. The van der Waals surface area contributed by atoms with Crippen molar-refractivity contribution in [3.8, 4) is 5.75 Å². The van der Waals surface area contributed by atoms with E-state index in [4.69, 9.17) is 4.74 Å². The van der Waals surface area contributed by atoms with E-state index in [1.807, 2.05) is 43.3 Å².